The summed E-state index contributed by atoms with van der Waals surface area (Å²) < 4.78 is 5.15. The molecular formula is C22H20O4. The molecule has 0 heterocycles. The second kappa shape index (κ2) is 7.00. The zero-order chi connectivity index (χ0) is 18.8. The monoisotopic (exact) mass is 348 g/mol. The molecule has 0 unspecified atom stereocenters. The van der Waals surface area contributed by atoms with Crippen molar-refractivity contribution < 1.29 is 19.4 Å². The summed E-state index contributed by atoms with van der Waals surface area (Å²) in [7, 11) is 0. The number of fused-ring (bicyclic) bond motifs is 1. The first-order chi connectivity index (χ1) is 12.4. The second-order valence-electron chi connectivity index (χ2n) is 6.43. The van der Waals surface area contributed by atoms with E-state index in [0.717, 1.165) is 22.1 Å². The number of hydrogen-bond donors (Lipinski definition) is 1. The minimum absolute atomic E-state index is 0.0494. The molecule has 0 aromatic heterocycles. The molecule has 0 atom stereocenters. The number of aryl methyl sites for hydroxylation is 3. The van der Waals surface area contributed by atoms with E-state index in [2.05, 4.69) is 0 Å². The van der Waals surface area contributed by atoms with Crippen LogP contribution in [0.5, 0.6) is 5.75 Å². The summed E-state index contributed by atoms with van der Waals surface area (Å²) >= 11 is 0. The summed E-state index contributed by atoms with van der Waals surface area (Å²) in [5.74, 6) is -1.12. The van der Waals surface area contributed by atoms with Crippen molar-refractivity contribution in [2.45, 2.75) is 20.8 Å². The van der Waals surface area contributed by atoms with E-state index in [4.69, 9.17) is 4.74 Å². The molecule has 132 valence electrons. The van der Waals surface area contributed by atoms with Crippen molar-refractivity contribution in [1.29, 1.82) is 0 Å². The number of phenolic OH excluding ortho intramolecular Hbond substituents is 1. The first kappa shape index (κ1) is 17.7. The molecule has 26 heavy (non-hydrogen) atoms. The Kier molecular flexibility index (Phi) is 4.76. The molecule has 3 aromatic rings. The highest BCUT2D eigenvalue weighted by atomic mass is 16.5. The summed E-state index contributed by atoms with van der Waals surface area (Å²) in [4.78, 5) is 24.7. The number of carbonyl (C=O) groups is 2. The van der Waals surface area contributed by atoms with Gasteiger partial charge in [-0.3, -0.25) is 4.79 Å². The summed E-state index contributed by atoms with van der Waals surface area (Å²) in [5.41, 5.74) is 3.56. The molecule has 3 aromatic carbocycles. The van der Waals surface area contributed by atoms with Gasteiger partial charge in [-0.15, -0.1) is 0 Å². The Morgan fingerprint density at radius 3 is 2.35 bits per heavy atom. The molecule has 1 N–H and O–H groups in total. The smallest absolute Gasteiger partial charge is 0.342 e. The van der Waals surface area contributed by atoms with Crippen LogP contribution in [-0.2, 0) is 4.74 Å². The lowest BCUT2D eigenvalue weighted by Gasteiger charge is -2.11. The summed E-state index contributed by atoms with van der Waals surface area (Å²) in [5, 5.41) is 11.7. The molecule has 0 radical (unpaired) electrons. The lowest BCUT2D eigenvalue weighted by Crippen LogP contribution is -2.15. The van der Waals surface area contributed by atoms with E-state index >= 15 is 0 Å². The van der Waals surface area contributed by atoms with Crippen LogP contribution in [0.2, 0.25) is 0 Å². The van der Waals surface area contributed by atoms with Gasteiger partial charge in [-0.25, -0.2) is 4.79 Å². The molecule has 0 amide bonds. The zero-order valence-electron chi connectivity index (χ0n) is 15.0. The molecule has 0 saturated carbocycles. The van der Waals surface area contributed by atoms with Gasteiger partial charge in [0.05, 0.1) is 0 Å². The first-order valence-corrected chi connectivity index (χ1v) is 8.37. The predicted molar refractivity (Wildman–Crippen MR) is 101 cm³/mol. The fourth-order valence-corrected chi connectivity index (χ4v) is 2.97. The van der Waals surface area contributed by atoms with Crippen molar-refractivity contribution in [3.05, 3.63) is 76.3 Å². The van der Waals surface area contributed by atoms with E-state index in [1.165, 1.54) is 6.07 Å². The maximum absolute atomic E-state index is 12.4. The fraction of sp³-hybridized carbons (Fsp3) is 0.182. The Hall–Kier alpha value is -3.14. The van der Waals surface area contributed by atoms with Gasteiger partial charge in [-0.1, -0.05) is 36.4 Å². The maximum atomic E-state index is 12.4. The van der Waals surface area contributed by atoms with Crippen molar-refractivity contribution in [2.75, 3.05) is 6.61 Å². The normalized spacial score (nSPS) is 10.7. The van der Waals surface area contributed by atoms with Crippen LogP contribution in [0.3, 0.4) is 0 Å². The first-order valence-electron chi connectivity index (χ1n) is 8.37. The van der Waals surface area contributed by atoms with Crippen LogP contribution in [0.25, 0.3) is 10.8 Å². The minimum Gasteiger partial charge on any atom is -0.506 e. The minimum atomic E-state index is -0.719. The van der Waals surface area contributed by atoms with Gasteiger partial charge in [-0.05, 0) is 55.0 Å². The Balaban J connectivity index is 1.78. The lowest BCUT2D eigenvalue weighted by atomic mass is 9.98. The van der Waals surface area contributed by atoms with Gasteiger partial charge >= 0.3 is 5.97 Å². The maximum Gasteiger partial charge on any atom is 0.342 e. The Labute approximate surface area is 152 Å². The topological polar surface area (TPSA) is 63.6 Å². The lowest BCUT2D eigenvalue weighted by molar-refractivity contribution is 0.0472. The number of Topliss-reactive ketones (excluding diaryl/α,β-unsaturated/α-hetero) is 1. The number of esters is 1. The highest BCUT2D eigenvalue weighted by Crippen LogP contribution is 2.29. The second-order valence-corrected chi connectivity index (χ2v) is 6.43. The summed E-state index contributed by atoms with van der Waals surface area (Å²) in [6, 6.07) is 14.2. The average Bonchev–Trinajstić information content (AvgIpc) is 2.63. The van der Waals surface area contributed by atoms with Gasteiger partial charge in [0.15, 0.2) is 6.61 Å². The molecule has 0 fully saturated rings. The molecule has 0 spiro atoms. The standard InChI is InChI=1S/C22H20O4/c1-13-10-15(3)19(11-14(13)2)20(23)12-26-22(25)18-9-8-16-6-4-5-7-17(16)21(18)24/h4-11,24H,12H2,1-3H3. The molecule has 4 nitrogen and oxygen atoms in total. The number of phenols is 1. The molecule has 0 saturated heterocycles. The van der Waals surface area contributed by atoms with Crippen LogP contribution in [0.15, 0.2) is 48.5 Å². The Bertz CT molecular complexity index is 1020. The molecule has 0 bridgehead atoms. The van der Waals surface area contributed by atoms with Crippen LogP contribution in [0.4, 0.5) is 0 Å². The van der Waals surface area contributed by atoms with Gasteiger partial charge in [0, 0.05) is 10.9 Å². The molecular weight excluding hydrogens is 328 g/mol. The van der Waals surface area contributed by atoms with Crippen molar-refractivity contribution in [2.24, 2.45) is 0 Å². The molecule has 0 aliphatic carbocycles. The highest BCUT2D eigenvalue weighted by Gasteiger charge is 2.18. The van der Waals surface area contributed by atoms with Gasteiger partial charge in [-0.2, -0.15) is 0 Å². The van der Waals surface area contributed by atoms with Crippen molar-refractivity contribution in [3.63, 3.8) is 0 Å². The van der Waals surface area contributed by atoms with Crippen LogP contribution in [-0.4, -0.2) is 23.5 Å². The van der Waals surface area contributed by atoms with E-state index in [1.54, 1.807) is 18.2 Å². The SMILES string of the molecule is Cc1cc(C)c(C(=O)COC(=O)c2ccc3ccccc3c2O)cc1C. The number of rotatable bonds is 4. The van der Waals surface area contributed by atoms with Crippen molar-refractivity contribution in [3.8, 4) is 5.75 Å². The highest BCUT2D eigenvalue weighted by molar-refractivity contribution is 6.03. The van der Waals surface area contributed by atoms with Crippen LogP contribution in [0.1, 0.15) is 37.4 Å². The average molecular weight is 348 g/mol. The third-order valence-corrected chi connectivity index (χ3v) is 4.60. The summed E-state index contributed by atoms with van der Waals surface area (Å²) in [6.45, 7) is 5.41. The number of benzene rings is 3. The third-order valence-electron chi connectivity index (χ3n) is 4.60. The largest absolute Gasteiger partial charge is 0.506 e. The van der Waals surface area contributed by atoms with Gasteiger partial charge in [0.2, 0.25) is 5.78 Å². The van der Waals surface area contributed by atoms with Gasteiger partial charge in [0.25, 0.3) is 0 Å². The van der Waals surface area contributed by atoms with E-state index in [0.29, 0.717) is 10.9 Å². The molecule has 3 rings (SSSR count). The zero-order valence-corrected chi connectivity index (χ0v) is 15.0. The number of ketones is 1. The Morgan fingerprint density at radius 1 is 0.885 bits per heavy atom. The number of carbonyl (C=O) groups excluding carboxylic acids is 2. The van der Waals surface area contributed by atoms with Crippen molar-refractivity contribution in [1.82, 2.24) is 0 Å². The van der Waals surface area contributed by atoms with Crippen LogP contribution >= 0.6 is 0 Å². The van der Waals surface area contributed by atoms with E-state index in [9.17, 15) is 14.7 Å². The molecule has 0 aliphatic rings. The number of ether oxygens (including phenoxy) is 1. The number of aromatic hydroxyl groups is 1. The van der Waals surface area contributed by atoms with Crippen molar-refractivity contribution >= 4 is 22.5 Å². The van der Waals surface area contributed by atoms with E-state index < -0.39 is 5.97 Å². The number of hydrogen-bond acceptors (Lipinski definition) is 4. The van der Waals surface area contributed by atoms with Gasteiger partial charge < -0.3 is 9.84 Å². The molecule has 0 aliphatic heterocycles. The Morgan fingerprint density at radius 2 is 1.58 bits per heavy atom. The van der Waals surface area contributed by atoms with Gasteiger partial charge in [0.1, 0.15) is 11.3 Å². The summed E-state index contributed by atoms with van der Waals surface area (Å²) in [6.07, 6.45) is 0. The van der Waals surface area contributed by atoms with E-state index in [-0.39, 0.29) is 23.7 Å². The molecule has 4 heteroatoms. The quantitative estimate of drug-likeness (QED) is 0.556. The van der Waals surface area contributed by atoms with Crippen LogP contribution < -0.4 is 0 Å². The third kappa shape index (κ3) is 3.31. The fourth-order valence-electron chi connectivity index (χ4n) is 2.97. The van der Waals surface area contributed by atoms with E-state index in [1.807, 2.05) is 45.0 Å². The predicted octanol–water partition coefficient (Wildman–Crippen LogP) is 4.51. The van der Waals surface area contributed by atoms with Crippen LogP contribution in [0, 0.1) is 20.8 Å².